The second-order valence-corrected chi connectivity index (χ2v) is 7.56. The lowest BCUT2D eigenvalue weighted by Crippen LogP contribution is -2.18. The number of benzene rings is 2. The number of nitrogens with zero attached hydrogens (tertiary/aromatic N) is 3. The Kier molecular flexibility index (Phi) is 8.70. The van der Waals surface area contributed by atoms with Gasteiger partial charge in [0.1, 0.15) is 17.6 Å². The summed E-state index contributed by atoms with van der Waals surface area (Å²) in [4.78, 5) is 20.5. The van der Waals surface area contributed by atoms with Crippen molar-refractivity contribution in [3.05, 3.63) is 82.1 Å². The van der Waals surface area contributed by atoms with Crippen molar-refractivity contribution in [1.82, 2.24) is 15.3 Å². The third kappa shape index (κ3) is 7.24. The van der Waals surface area contributed by atoms with Crippen molar-refractivity contribution in [2.24, 2.45) is 0 Å². The quantitative estimate of drug-likeness (QED) is 0.436. The van der Waals surface area contributed by atoms with Gasteiger partial charge in [0.25, 0.3) is 0 Å². The molecular weight excluding hydrogens is 445 g/mol. The van der Waals surface area contributed by atoms with Gasteiger partial charge in [0.2, 0.25) is 5.91 Å². The minimum atomic E-state index is -0.306. The van der Waals surface area contributed by atoms with Gasteiger partial charge in [-0.2, -0.15) is 5.26 Å². The van der Waals surface area contributed by atoms with Crippen molar-refractivity contribution in [3.63, 3.8) is 0 Å². The SMILES string of the molecule is CCOc1cc(CCNCc2ccc(F)cc2)c(Cl)cc1NC(=O)Cc1cnc(C#N)cn1. The highest BCUT2D eigenvalue weighted by Crippen LogP contribution is 2.32. The van der Waals surface area contributed by atoms with E-state index in [4.69, 9.17) is 21.6 Å². The number of amides is 1. The molecular formula is C24H23ClFN5O2. The van der Waals surface area contributed by atoms with E-state index in [1.807, 2.05) is 19.1 Å². The predicted octanol–water partition coefficient (Wildman–Crippen LogP) is 4.05. The van der Waals surface area contributed by atoms with Crippen LogP contribution in [0.4, 0.5) is 10.1 Å². The second kappa shape index (κ2) is 11.9. The first-order chi connectivity index (χ1) is 16.0. The van der Waals surface area contributed by atoms with Crippen LogP contribution in [0.15, 0.2) is 48.8 Å². The Morgan fingerprint density at radius 1 is 1.21 bits per heavy atom. The van der Waals surface area contributed by atoms with Crippen LogP contribution < -0.4 is 15.4 Å². The van der Waals surface area contributed by atoms with Gasteiger partial charge in [-0.1, -0.05) is 23.7 Å². The number of nitrogens with one attached hydrogen (secondary N) is 2. The number of rotatable bonds is 10. The summed E-state index contributed by atoms with van der Waals surface area (Å²) >= 11 is 6.46. The summed E-state index contributed by atoms with van der Waals surface area (Å²) in [5.74, 6) is -0.0413. The van der Waals surface area contributed by atoms with E-state index in [0.717, 1.165) is 11.1 Å². The molecule has 2 N–H and O–H groups in total. The molecule has 0 aliphatic heterocycles. The maximum absolute atomic E-state index is 13.0. The normalized spacial score (nSPS) is 10.5. The number of halogens is 2. The predicted molar refractivity (Wildman–Crippen MR) is 124 cm³/mol. The summed E-state index contributed by atoms with van der Waals surface area (Å²) < 4.78 is 18.7. The lowest BCUT2D eigenvalue weighted by Gasteiger charge is -2.15. The molecule has 1 heterocycles. The Morgan fingerprint density at radius 3 is 2.67 bits per heavy atom. The molecule has 0 fully saturated rings. The van der Waals surface area contributed by atoms with Gasteiger partial charge in [0.15, 0.2) is 5.69 Å². The summed E-state index contributed by atoms with van der Waals surface area (Å²) in [6.45, 7) is 3.55. The van der Waals surface area contributed by atoms with E-state index in [9.17, 15) is 9.18 Å². The molecule has 0 aliphatic rings. The van der Waals surface area contributed by atoms with E-state index in [0.29, 0.717) is 48.3 Å². The molecule has 0 aliphatic carbocycles. The van der Waals surface area contributed by atoms with Crippen molar-refractivity contribution in [2.75, 3.05) is 18.5 Å². The highest BCUT2D eigenvalue weighted by Gasteiger charge is 2.14. The molecule has 0 atom stereocenters. The highest BCUT2D eigenvalue weighted by molar-refractivity contribution is 6.31. The van der Waals surface area contributed by atoms with E-state index < -0.39 is 0 Å². The van der Waals surface area contributed by atoms with Gasteiger partial charge < -0.3 is 15.4 Å². The number of carbonyl (C=O) groups excluding carboxylic acids is 1. The molecule has 0 unspecified atom stereocenters. The number of nitriles is 1. The molecule has 3 rings (SSSR count). The van der Waals surface area contributed by atoms with Crippen LogP contribution >= 0.6 is 11.6 Å². The van der Waals surface area contributed by atoms with Gasteiger partial charge in [0.05, 0.1) is 36.8 Å². The Balaban J connectivity index is 1.61. The summed E-state index contributed by atoms with van der Waals surface area (Å²) in [6.07, 6.45) is 3.37. The number of anilines is 1. The topological polar surface area (TPSA) is 99.9 Å². The van der Waals surface area contributed by atoms with Crippen LogP contribution in [0.5, 0.6) is 5.75 Å². The Morgan fingerprint density at radius 2 is 2.00 bits per heavy atom. The number of ether oxygens (including phenoxy) is 1. The molecule has 1 aromatic heterocycles. The fourth-order valence-electron chi connectivity index (χ4n) is 3.08. The highest BCUT2D eigenvalue weighted by atomic mass is 35.5. The first-order valence-corrected chi connectivity index (χ1v) is 10.8. The van der Waals surface area contributed by atoms with E-state index in [-0.39, 0.29) is 23.8 Å². The minimum absolute atomic E-state index is 0.00303. The summed E-state index contributed by atoms with van der Waals surface area (Å²) in [5, 5.41) is 15.4. The standard InChI is InChI=1S/C24H23ClFN5O2/c1-2-33-23-9-17(7-8-28-13-16-3-5-18(26)6-4-16)21(25)11-22(23)31-24(32)10-19-14-30-20(12-27)15-29-19/h3-6,9,11,14-15,28H,2,7-8,10,13H2,1H3,(H,31,32). The van der Waals surface area contributed by atoms with Crippen LogP contribution in [0.1, 0.15) is 29.4 Å². The Bertz CT molecular complexity index is 1130. The van der Waals surface area contributed by atoms with Crippen LogP contribution in [0.3, 0.4) is 0 Å². The largest absolute Gasteiger partial charge is 0.492 e. The minimum Gasteiger partial charge on any atom is -0.492 e. The van der Waals surface area contributed by atoms with Gasteiger partial charge >= 0.3 is 0 Å². The maximum Gasteiger partial charge on any atom is 0.230 e. The van der Waals surface area contributed by atoms with Gasteiger partial charge in [-0.15, -0.1) is 0 Å². The van der Waals surface area contributed by atoms with E-state index in [2.05, 4.69) is 20.6 Å². The Labute approximate surface area is 196 Å². The van der Waals surface area contributed by atoms with E-state index in [1.165, 1.54) is 24.5 Å². The molecule has 3 aromatic rings. The van der Waals surface area contributed by atoms with E-state index in [1.54, 1.807) is 18.2 Å². The van der Waals surface area contributed by atoms with Crippen LogP contribution in [-0.4, -0.2) is 29.0 Å². The zero-order valence-electron chi connectivity index (χ0n) is 18.1. The average Bonchev–Trinajstić information content (AvgIpc) is 2.81. The fourth-order valence-corrected chi connectivity index (χ4v) is 3.34. The monoisotopic (exact) mass is 467 g/mol. The van der Waals surface area contributed by atoms with Crippen LogP contribution in [0.25, 0.3) is 0 Å². The fraction of sp³-hybridized carbons (Fsp3) is 0.250. The smallest absolute Gasteiger partial charge is 0.230 e. The average molecular weight is 468 g/mol. The van der Waals surface area contributed by atoms with Gasteiger partial charge in [-0.25, -0.2) is 9.37 Å². The van der Waals surface area contributed by atoms with Gasteiger partial charge in [-0.05, 0) is 55.3 Å². The van der Waals surface area contributed by atoms with Crippen molar-refractivity contribution in [2.45, 2.75) is 26.3 Å². The molecule has 1 amide bonds. The summed E-state index contributed by atoms with van der Waals surface area (Å²) in [7, 11) is 0. The summed E-state index contributed by atoms with van der Waals surface area (Å²) in [5.41, 5.74) is 2.97. The van der Waals surface area contributed by atoms with Crippen molar-refractivity contribution < 1.29 is 13.9 Å². The molecule has 7 nitrogen and oxygen atoms in total. The third-order valence-electron chi connectivity index (χ3n) is 4.70. The first-order valence-electron chi connectivity index (χ1n) is 10.4. The first kappa shape index (κ1) is 24.1. The number of aromatic nitrogens is 2. The molecule has 0 saturated heterocycles. The lowest BCUT2D eigenvalue weighted by molar-refractivity contribution is -0.115. The molecule has 0 radical (unpaired) electrons. The third-order valence-corrected chi connectivity index (χ3v) is 5.05. The molecule has 9 heteroatoms. The van der Waals surface area contributed by atoms with Crippen molar-refractivity contribution >= 4 is 23.2 Å². The van der Waals surface area contributed by atoms with Crippen LogP contribution in [0.2, 0.25) is 5.02 Å². The molecule has 170 valence electrons. The molecule has 0 saturated carbocycles. The van der Waals surface area contributed by atoms with Crippen LogP contribution in [-0.2, 0) is 24.2 Å². The van der Waals surface area contributed by atoms with Crippen LogP contribution in [0, 0.1) is 17.1 Å². The molecule has 2 aromatic carbocycles. The molecule has 33 heavy (non-hydrogen) atoms. The lowest BCUT2D eigenvalue weighted by atomic mass is 10.1. The van der Waals surface area contributed by atoms with Gasteiger partial charge in [0, 0.05) is 11.6 Å². The number of carbonyl (C=O) groups is 1. The molecule has 0 spiro atoms. The Hall–Kier alpha value is -3.54. The summed E-state index contributed by atoms with van der Waals surface area (Å²) in [6, 6.07) is 11.7. The zero-order valence-corrected chi connectivity index (χ0v) is 18.8. The van der Waals surface area contributed by atoms with Gasteiger partial charge in [-0.3, -0.25) is 9.78 Å². The van der Waals surface area contributed by atoms with Crippen molar-refractivity contribution in [1.29, 1.82) is 5.26 Å². The van der Waals surface area contributed by atoms with Crippen molar-refractivity contribution in [3.8, 4) is 11.8 Å². The second-order valence-electron chi connectivity index (χ2n) is 7.16. The maximum atomic E-state index is 13.0. The number of hydrogen-bond acceptors (Lipinski definition) is 6. The zero-order chi connectivity index (χ0) is 23.6. The number of hydrogen-bond donors (Lipinski definition) is 2. The molecule has 0 bridgehead atoms. The van der Waals surface area contributed by atoms with E-state index >= 15 is 0 Å².